The molecule has 1 aromatic carbocycles. The number of hydrogen-bond donors (Lipinski definition) is 2. The van der Waals surface area contributed by atoms with Crippen molar-refractivity contribution in [2.24, 2.45) is 0 Å². The Morgan fingerprint density at radius 3 is 2.61 bits per heavy atom. The number of alkyl halides is 3. The van der Waals surface area contributed by atoms with Gasteiger partial charge in [0.1, 0.15) is 5.82 Å². The van der Waals surface area contributed by atoms with Crippen molar-refractivity contribution in [2.75, 3.05) is 5.32 Å². The Hall–Kier alpha value is -2.90. The predicted octanol–water partition coefficient (Wildman–Crippen LogP) is 3.36. The molecule has 3 rings (SSSR count). The molecule has 0 bridgehead atoms. The second kappa shape index (κ2) is 5.71. The fourth-order valence-corrected chi connectivity index (χ4v) is 2.22. The molecule has 0 saturated heterocycles. The summed E-state index contributed by atoms with van der Waals surface area (Å²) in [5.41, 5.74) is -0.380. The molecule has 0 amide bonds. The second-order valence-corrected chi connectivity index (χ2v) is 4.76. The van der Waals surface area contributed by atoms with Crippen LogP contribution in [-0.4, -0.2) is 20.1 Å². The number of benzene rings is 1. The van der Waals surface area contributed by atoms with E-state index in [0.717, 1.165) is 6.07 Å². The molecule has 23 heavy (non-hydrogen) atoms. The molecule has 0 fully saturated rings. The number of pyridine rings is 1. The van der Waals surface area contributed by atoms with E-state index in [1.54, 1.807) is 12.1 Å². The minimum atomic E-state index is -4.43. The minimum Gasteiger partial charge on any atom is -0.479 e. The second-order valence-electron chi connectivity index (χ2n) is 4.76. The zero-order valence-electron chi connectivity index (χ0n) is 11.7. The fourth-order valence-electron chi connectivity index (χ4n) is 2.22. The van der Waals surface area contributed by atoms with Gasteiger partial charge in [-0.25, -0.2) is 4.98 Å². The van der Waals surface area contributed by atoms with Gasteiger partial charge in [-0.05, 0) is 23.8 Å². The summed E-state index contributed by atoms with van der Waals surface area (Å²) in [6.07, 6.45) is -2.94. The van der Waals surface area contributed by atoms with Crippen LogP contribution < -0.4 is 5.32 Å². The smallest absolute Gasteiger partial charge is 0.416 e. The zero-order chi connectivity index (χ0) is 16.4. The van der Waals surface area contributed by atoms with Crippen LogP contribution in [0.5, 0.6) is 6.01 Å². The molecule has 0 atom stereocenters. The Kier molecular flexibility index (Phi) is 3.73. The van der Waals surface area contributed by atoms with Crippen molar-refractivity contribution in [1.82, 2.24) is 15.0 Å². The van der Waals surface area contributed by atoms with Crippen molar-refractivity contribution in [3.8, 4) is 6.01 Å². The van der Waals surface area contributed by atoms with Crippen LogP contribution in [-0.2, 0) is 12.7 Å². The molecule has 0 unspecified atom stereocenters. The van der Waals surface area contributed by atoms with Gasteiger partial charge in [0.25, 0.3) is 0 Å². The molecule has 118 valence electrons. The standard InChI is InChI=1S/C15H11F3N4O/c16-15(17,18)11-6-2-1-4-9(11)8-20-13-10-5-3-7-19-12(10)21-14(23)22-13/h1-7H,8H2,(H2,19,20,21,22,23). The number of anilines is 1. The molecule has 3 aromatic rings. The maximum atomic E-state index is 13.0. The highest BCUT2D eigenvalue weighted by molar-refractivity contribution is 5.86. The monoisotopic (exact) mass is 320 g/mol. The van der Waals surface area contributed by atoms with Crippen LogP contribution in [0.3, 0.4) is 0 Å². The van der Waals surface area contributed by atoms with Crippen LogP contribution >= 0.6 is 0 Å². The van der Waals surface area contributed by atoms with E-state index in [0.29, 0.717) is 5.39 Å². The first-order valence-corrected chi connectivity index (χ1v) is 6.66. The lowest BCUT2D eigenvalue weighted by atomic mass is 10.1. The first kappa shape index (κ1) is 15.0. The third-order valence-electron chi connectivity index (χ3n) is 3.23. The molecule has 0 saturated carbocycles. The Labute approximate surface area is 128 Å². The summed E-state index contributed by atoms with van der Waals surface area (Å²) in [4.78, 5) is 11.6. The van der Waals surface area contributed by atoms with Gasteiger partial charge in [-0.3, -0.25) is 0 Å². The quantitative estimate of drug-likeness (QED) is 0.774. The van der Waals surface area contributed by atoms with Crippen LogP contribution in [0.1, 0.15) is 11.1 Å². The lowest BCUT2D eigenvalue weighted by molar-refractivity contribution is -0.138. The van der Waals surface area contributed by atoms with Crippen LogP contribution in [0.4, 0.5) is 19.0 Å². The van der Waals surface area contributed by atoms with E-state index in [1.165, 1.54) is 24.4 Å². The third kappa shape index (κ3) is 3.15. The van der Waals surface area contributed by atoms with Gasteiger partial charge < -0.3 is 10.4 Å². The third-order valence-corrected chi connectivity index (χ3v) is 3.23. The number of nitrogens with one attached hydrogen (secondary N) is 1. The van der Waals surface area contributed by atoms with E-state index in [1.807, 2.05) is 0 Å². The summed E-state index contributed by atoms with van der Waals surface area (Å²) in [5.74, 6) is 0.220. The van der Waals surface area contributed by atoms with E-state index in [-0.39, 0.29) is 23.6 Å². The molecule has 0 aliphatic heterocycles. The SMILES string of the molecule is Oc1nc(NCc2ccccc2C(F)(F)F)c2cccnc2n1. The Balaban J connectivity index is 1.93. The van der Waals surface area contributed by atoms with Gasteiger partial charge in [0, 0.05) is 12.7 Å². The lowest BCUT2D eigenvalue weighted by Crippen LogP contribution is -2.12. The van der Waals surface area contributed by atoms with Gasteiger partial charge in [-0.2, -0.15) is 23.1 Å². The number of aromatic hydroxyl groups is 1. The highest BCUT2D eigenvalue weighted by atomic mass is 19.4. The molecule has 0 aliphatic carbocycles. The van der Waals surface area contributed by atoms with E-state index in [4.69, 9.17) is 0 Å². The van der Waals surface area contributed by atoms with Crippen LogP contribution in [0.15, 0.2) is 42.6 Å². The molecular weight excluding hydrogens is 309 g/mol. The van der Waals surface area contributed by atoms with Gasteiger partial charge in [-0.15, -0.1) is 0 Å². The zero-order valence-corrected chi connectivity index (χ0v) is 11.7. The first-order chi connectivity index (χ1) is 10.9. The molecule has 0 spiro atoms. The normalized spacial score (nSPS) is 11.6. The Bertz CT molecular complexity index is 851. The van der Waals surface area contributed by atoms with Crippen molar-refractivity contribution in [2.45, 2.75) is 12.7 Å². The van der Waals surface area contributed by atoms with Gasteiger partial charge in [-0.1, -0.05) is 18.2 Å². The molecule has 2 aromatic heterocycles. The maximum Gasteiger partial charge on any atom is 0.416 e. The summed E-state index contributed by atoms with van der Waals surface area (Å²) in [5, 5.41) is 12.8. The number of fused-ring (bicyclic) bond motifs is 1. The summed E-state index contributed by atoms with van der Waals surface area (Å²) >= 11 is 0. The van der Waals surface area contributed by atoms with E-state index >= 15 is 0 Å². The van der Waals surface area contributed by atoms with Crippen molar-refractivity contribution in [3.63, 3.8) is 0 Å². The van der Waals surface area contributed by atoms with Crippen molar-refractivity contribution in [3.05, 3.63) is 53.7 Å². The van der Waals surface area contributed by atoms with E-state index in [2.05, 4.69) is 20.3 Å². The average Bonchev–Trinajstić information content (AvgIpc) is 2.52. The number of halogens is 3. The highest BCUT2D eigenvalue weighted by Gasteiger charge is 2.32. The topological polar surface area (TPSA) is 70.9 Å². The molecule has 8 heteroatoms. The van der Waals surface area contributed by atoms with Crippen LogP contribution in [0, 0.1) is 0 Å². The van der Waals surface area contributed by atoms with Gasteiger partial charge in [0.2, 0.25) is 0 Å². The minimum absolute atomic E-state index is 0.0788. The van der Waals surface area contributed by atoms with Gasteiger partial charge in [0.05, 0.1) is 10.9 Å². The molecule has 0 aliphatic rings. The fraction of sp³-hybridized carbons (Fsp3) is 0.133. The van der Waals surface area contributed by atoms with Crippen LogP contribution in [0.2, 0.25) is 0 Å². The summed E-state index contributed by atoms with van der Waals surface area (Å²) in [6, 6.07) is 8.09. The Morgan fingerprint density at radius 2 is 1.83 bits per heavy atom. The first-order valence-electron chi connectivity index (χ1n) is 6.66. The van der Waals surface area contributed by atoms with Gasteiger partial charge in [0.15, 0.2) is 5.65 Å². The molecule has 2 N–H and O–H groups in total. The number of hydrogen-bond acceptors (Lipinski definition) is 5. The van der Waals surface area contributed by atoms with Crippen molar-refractivity contribution < 1.29 is 18.3 Å². The predicted molar refractivity (Wildman–Crippen MR) is 77.8 cm³/mol. The molecule has 2 heterocycles. The number of rotatable bonds is 3. The highest BCUT2D eigenvalue weighted by Crippen LogP contribution is 2.32. The lowest BCUT2D eigenvalue weighted by Gasteiger charge is -2.14. The van der Waals surface area contributed by atoms with E-state index in [9.17, 15) is 18.3 Å². The van der Waals surface area contributed by atoms with E-state index < -0.39 is 17.8 Å². The molecular formula is C15H11F3N4O. The summed E-state index contributed by atoms with van der Waals surface area (Å²) < 4.78 is 39.0. The number of aromatic nitrogens is 3. The van der Waals surface area contributed by atoms with Crippen molar-refractivity contribution in [1.29, 1.82) is 0 Å². The van der Waals surface area contributed by atoms with Crippen LogP contribution in [0.25, 0.3) is 11.0 Å². The summed E-state index contributed by atoms with van der Waals surface area (Å²) in [6.45, 7) is -0.101. The largest absolute Gasteiger partial charge is 0.479 e. The number of nitrogens with zero attached hydrogens (tertiary/aromatic N) is 3. The molecule has 0 radical (unpaired) electrons. The maximum absolute atomic E-state index is 13.0. The summed E-state index contributed by atoms with van der Waals surface area (Å²) in [7, 11) is 0. The molecule has 5 nitrogen and oxygen atoms in total. The average molecular weight is 320 g/mol. The Morgan fingerprint density at radius 1 is 1.04 bits per heavy atom. The van der Waals surface area contributed by atoms with Crippen molar-refractivity contribution >= 4 is 16.9 Å². The van der Waals surface area contributed by atoms with Gasteiger partial charge >= 0.3 is 12.2 Å².